The van der Waals surface area contributed by atoms with Crippen molar-refractivity contribution < 1.29 is 4.79 Å². The lowest BCUT2D eigenvalue weighted by molar-refractivity contribution is -0.120. The van der Waals surface area contributed by atoms with Gasteiger partial charge in [0.25, 0.3) is 0 Å². The van der Waals surface area contributed by atoms with Gasteiger partial charge in [-0.25, -0.2) is 5.43 Å². The van der Waals surface area contributed by atoms with Gasteiger partial charge >= 0.3 is 0 Å². The fraction of sp³-hybridized carbons (Fsp3) is 0.167. The van der Waals surface area contributed by atoms with E-state index in [1.54, 1.807) is 28.9 Å². The molecule has 0 radical (unpaired) electrons. The third-order valence-electron chi connectivity index (χ3n) is 2.06. The van der Waals surface area contributed by atoms with Crippen molar-refractivity contribution in [2.45, 2.75) is 13.3 Å². The third kappa shape index (κ3) is 3.80. The number of thiophene rings is 2. The zero-order chi connectivity index (χ0) is 12.1. The Morgan fingerprint density at radius 1 is 1.47 bits per heavy atom. The van der Waals surface area contributed by atoms with Crippen molar-refractivity contribution in [2.24, 2.45) is 5.10 Å². The van der Waals surface area contributed by atoms with Gasteiger partial charge in [0.1, 0.15) is 0 Å². The normalized spacial score (nSPS) is 10.9. The number of amides is 1. The highest BCUT2D eigenvalue weighted by Crippen LogP contribution is 2.12. The summed E-state index contributed by atoms with van der Waals surface area (Å²) in [5, 5.41) is 5.88. The molecule has 0 fully saturated rings. The van der Waals surface area contributed by atoms with Crippen LogP contribution in [0.25, 0.3) is 0 Å². The molecule has 17 heavy (non-hydrogen) atoms. The molecule has 0 saturated carbocycles. The van der Waals surface area contributed by atoms with E-state index in [1.807, 2.05) is 36.6 Å². The molecule has 0 aromatic carbocycles. The van der Waals surface area contributed by atoms with Crippen LogP contribution >= 0.6 is 22.7 Å². The molecule has 0 saturated heterocycles. The number of hydrogen-bond donors (Lipinski definition) is 1. The number of carbonyl (C=O) groups is 1. The first kappa shape index (κ1) is 12.0. The molecule has 0 aliphatic carbocycles. The molecule has 0 unspecified atom stereocenters. The highest BCUT2D eigenvalue weighted by Gasteiger charge is 2.02. The number of hydrazone groups is 1. The Kier molecular flexibility index (Phi) is 4.06. The fourth-order valence-corrected chi connectivity index (χ4v) is 2.75. The lowest BCUT2D eigenvalue weighted by Crippen LogP contribution is -2.19. The molecule has 88 valence electrons. The summed E-state index contributed by atoms with van der Waals surface area (Å²) in [5.74, 6) is -0.0861. The van der Waals surface area contributed by atoms with Gasteiger partial charge in [0.15, 0.2) is 0 Å². The molecule has 5 heteroatoms. The number of nitrogens with zero attached hydrogens (tertiary/aromatic N) is 1. The van der Waals surface area contributed by atoms with E-state index in [4.69, 9.17) is 0 Å². The lowest BCUT2D eigenvalue weighted by Gasteiger charge is -1.96. The van der Waals surface area contributed by atoms with Gasteiger partial charge in [-0.15, -0.1) is 22.7 Å². The second kappa shape index (κ2) is 5.75. The number of carbonyl (C=O) groups excluding carboxylic acids is 1. The Morgan fingerprint density at radius 2 is 2.35 bits per heavy atom. The molecule has 2 aromatic rings. The van der Waals surface area contributed by atoms with Gasteiger partial charge < -0.3 is 0 Å². The van der Waals surface area contributed by atoms with E-state index >= 15 is 0 Å². The van der Waals surface area contributed by atoms with Crippen LogP contribution in [0.1, 0.15) is 14.6 Å². The second-order valence-corrected chi connectivity index (χ2v) is 5.85. The van der Waals surface area contributed by atoms with Gasteiger partial charge in [0, 0.05) is 14.6 Å². The predicted molar refractivity (Wildman–Crippen MR) is 72.8 cm³/mol. The highest BCUT2D eigenvalue weighted by atomic mass is 32.1. The molecular weight excluding hydrogens is 252 g/mol. The van der Waals surface area contributed by atoms with Crippen LogP contribution in [-0.2, 0) is 11.2 Å². The quantitative estimate of drug-likeness (QED) is 0.669. The first-order valence-electron chi connectivity index (χ1n) is 5.15. The molecule has 0 spiro atoms. The molecule has 3 nitrogen and oxygen atoms in total. The van der Waals surface area contributed by atoms with Gasteiger partial charge in [0.2, 0.25) is 5.91 Å². The van der Waals surface area contributed by atoms with Crippen LogP contribution in [0, 0.1) is 6.92 Å². The average molecular weight is 264 g/mol. The topological polar surface area (TPSA) is 41.5 Å². The summed E-state index contributed by atoms with van der Waals surface area (Å²) >= 11 is 3.22. The third-order valence-corrected chi connectivity index (χ3v) is 3.87. The molecule has 2 rings (SSSR count). The van der Waals surface area contributed by atoms with Gasteiger partial charge in [-0.1, -0.05) is 6.07 Å². The number of rotatable bonds is 4. The van der Waals surface area contributed by atoms with E-state index in [0.29, 0.717) is 6.42 Å². The predicted octanol–water partition coefficient (Wildman–Crippen LogP) is 2.81. The number of nitrogens with one attached hydrogen (secondary N) is 1. The van der Waals surface area contributed by atoms with Gasteiger partial charge in [-0.2, -0.15) is 5.10 Å². The van der Waals surface area contributed by atoms with Crippen molar-refractivity contribution in [3.63, 3.8) is 0 Å². The SMILES string of the molecule is Cc1ccc(/C=N/NC(=O)Cc2cccs2)s1. The first-order valence-corrected chi connectivity index (χ1v) is 6.84. The molecule has 2 heterocycles. The maximum absolute atomic E-state index is 11.5. The summed E-state index contributed by atoms with van der Waals surface area (Å²) in [5.41, 5.74) is 2.52. The average Bonchev–Trinajstić information content (AvgIpc) is 2.90. The van der Waals surface area contributed by atoms with Crippen LogP contribution in [0.3, 0.4) is 0 Å². The van der Waals surface area contributed by atoms with Crippen LogP contribution < -0.4 is 5.43 Å². The molecule has 0 aliphatic rings. The summed E-state index contributed by atoms with van der Waals surface area (Å²) in [4.78, 5) is 14.8. The van der Waals surface area contributed by atoms with Crippen LogP contribution in [0.4, 0.5) is 0 Å². The molecular formula is C12H12N2OS2. The molecule has 2 aromatic heterocycles. The van der Waals surface area contributed by atoms with Crippen molar-refractivity contribution in [3.05, 3.63) is 44.3 Å². The summed E-state index contributed by atoms with van der Waals surface area (Å²) in [6, 6.07) is 7.88. The van der Waals surface area contributed by atoms with Gasteiger partial charge in [-0.05, 0) is 30.5 Å². The Balaban J connectivity index is 1.82. The maximum Gasteiger partial charge on any atom is 0.245 e. The van der Waals surface area contributed by atoms with E-state index in [2.05, 4.69) is 10.5 Å². The Hall–Kier alpha value is -1.46. The Morgan fingerprint density at radius 3 is 3.00 bits per heavy atom. The van der Waals surface area contributed by atoms with E-state index in [-0.39, 0.29) is 5.91 Å². The first-order chi connectivity index (χ1) is 8.24. The zero-order valence-corrected chi connectivity index (χ0v) is 11.0. The Labute approximate surface area is 108 Å². The van der Waals surface area contributed by atoms with E-state index < -0.39 is 0 Å². The van der Waals surface area contributed by atoms with E-state index in [0.717, 1.165) is 9.75 Å². The summed E-state index contributed by atoms with van der Waals surface area (Å²) in [6.07, 6.45) is 2.06. The number of aryl methyl sites for hydroxylation is 1. The minimum absolute atomic E-state index is 0.0861. The van der Waals surface area contributed by atoms with Crippen molar-refractivity contribution in [1.29, 1.82) is 0 Å². The maximum atomic E-state index is 11.5. The summed E-state index contributed by atoms with van der Waals surface area (Å²) in [6.45, 7) is 2.04. The molecule has 1 N–H and O–H groups in total. The Bertz CT molecular complexity index is 514. The molecule has 0 aliphatic heterocycles. The number of hydrogen-bond acceptors (Lipinski definition) is 4. The summed E-state index contributed by atoms with van der Waals surface area (Å²) < 4.78 is 0. The molecule has 1 amide bonds. The molecule has 0 bridgehead atoms. The monoisotopic (exact) mass is 264 g/mol. The highest BCUT2D eigenvalue weighted by molar-refractivity contribution is 7.13. The van der Waals surface area contributed by atoms with Crippen molar-refractivity contribution in [3.8, 4) is 0 Å². The van der Waals surface area contributed by atoms with Crippen LogP contribution in [0.15, 0.2) is 34.7 Å². The van der Waals surface area contributed by atoms with Gasteiger partial charge in [-0.3, -0.25) is 4.79 Å². The molecule has 0 atom stereocenters. The van der Waals surface area contributed by atoms with Crippen LogP contribution in [0.5, 0.6) is 0 Å². The largest absolute Gasteiger partial charge is 0.273 e. The van der Waals surface area contributed by atoms with Gasteiger partial charge in [0.05, 0.1) is 12.6 Å². The second-order valence-electron chi connectivity index (χ2n) is 3.50. The smallest absolute Gasteiger partial charge is 0.245 e. The minimum atomic E-state index is -0.0861. The van der Waals surface area contributed by atoms with E-state index in [1.165, 1.54) is 4.88 Å². The van der Waals surface area contributed by atoms with Crippen molar-refractivity contribution >= 4 is 34.8 Å². The lowest BCUT2D eigenvalue weighted by atomic mass is 10.3. The fourth-order valence-electron chi connectivity index (χ4n) is 1.30. The standard InChI is InChI=1S/C12H12N2OS2/c1-9-4-5-11(17-9)8-13-14-12(15)7-10-3-2-6-16-10/h2-6,8H,7H2,1H3,(H,14,15)/b13-8+. The van der Waals surface area contributed by atoms with Crippen LogP contribution in [-0.4, -0.2) is 12.1 Å². The zero-order valence-electron chi connectivity index (χ0n) is 9.34. The van der Waals surface area contributed by atoms with Crippen molar-refractivity contribution in [1.82, 2.24) is 5.43 Å². The minimum Gasteiger partial charge on any atom is -0.273 e. The van der Waals surface area contributed by atoms with E-state index in [9.17, 15) is 4.79 Å². The van der Waals surface area contributed by atoms with Crippen molar-refractivity contribution in [2.75, 3.05) is 0 Å². The summed E-state index contributed by atoms with van der Waals surface area (Å²) in [7, 11) is 0. The van der Waals surface area contributed by atoms with Crippen LogP contribution in [0.2, 0.25) is 0 Å².